The van der Waals surface area contributed by atoms with Crippen molar-refractivity contribution in [2.45, 2.75) is 19.1 Å². The summed E-state index contributed by atoms with van der Waals surface area (Å²) in [6.07, 6.45) is -1.32. The summed E-state index contributed by atoms with van der Waals surface area (Å²) in [5, 5.41) is 2.58. The maximum atomic E-state index is 12.6. The van der Waals surface area contributed by atoms with Gasteiger partial charge in [0.25, 0.3) is 5.91 Å². The van der Waals surface area contributed by atoms with Gasteiger partial charge in [-0.2, -0.15) is 13.2 Å². The van der Waals surface area contributed by atoms with E-state index in [4.69, 9.17) is 0 Å². The van der Waals surface area contributed by atoms with Crippen molar-refractivity contribution in [1.29, 1.82) is 0 Å². The van der Waals surface area contributed by atoms with Gasteiger partial charge in [-0.15, -0.1) is 0 Å². The number of halogens is 3. The van der Waals surface area contributed by atoms with Crippen LogP contribution < -0.4 is 5.32 Å². The molecule has 2 rings (SSSR count). The van der Waals surface area contributed by atoms with E-state index in [2.05, 4.69) is 16.9 Å². The third kappa shape index (κ3) is 5.94. The zero-order chi connectivity index (χ0) is 20.7. The number of nitrogens with one attached hydrogen (secondary N) is 1. The Kier molecular flexibility index (Phi) is 6.92. The molecule has 1 N–H and O–H groups in total. The number of alkyl halides is 3. The molecule has 0 atom stereocenters. The van der Waals surface area contributed by atoms with Gasteiger partial charge in [-0.25, -0.2) is 0 Å². The van der Waals surface area contributed by atoms with Crippen LogP contribution in [0.4, 0.5) is 13.2 Å². The van der Waals surface area contributed by atoms with Gasteiger partial charge in [0, 0.05) is 25.4 Å². The first-order chi connectivity index (χ1) is 13.2. The Bertz CT molecular complexity index is 849. The van der Waals surface area contributed by atoms with Crippen LogP contribution in [0.5, 0.6) is 0 Å². The van der Waals surface area contributed by atoms with E-state index in [1.807, 2.05) is 0 Å². The molecule has 1 aromatic heterocycles. The highest BCUT2D eigenvalue weighted by atomic mass is 19.4. The van der Waals surface area contributed by atoms with Crippen molar-refractivity contribution < 1.29 is 22.8 Å². The van der Waals surface area contributed by atoms with E-state index in [1.54, 1.807) is 19.2 Å². The molecule has 28 heavy (non-hydrogen) atoms. The number of hydrogen-bond donors (Lipinski definition) is 1. The summed E-state index contributed by atoms with van der Waals surface area (Å²) < 4.78 is 37.8. The molecule has 0 bridgehead atoms. The Balaban J connectivity index is 1.95. The number of carbonyl (C=O) groups is 2. The van der Waals surface area contributed by atoms with Gasteiger partial charge in [0.15, 0.2) is 0 Å². The summed E-state index contributed by atoms with van der Waals surface area (Å²) >= 11 is 0. The SMILES string of the molecule is C=CC(=O)NCc1cc(C(=O)N(C)CCc2ccc(C(F)(F)F)cc2)ccn1. The predicted octanol–water partition coefficient (Wildman–Crippen LogP) is 3.22. The maximum absolute atomic E-state index is 12.6. The Morgan fingerprint density at radius 3 is 2.50 bits per heavy atom. The van der Waals surface area contributed by atoms with Crippen LogP contribution in [-0.4, -0.2) is 35.3 Å². The van der Waals surface area contributed by atoms with E-state index in [1.165, 1.54) is 23.2 Å². The quantitative estimate of drug-likeness (QED) is 0.738. The molecule has 0 aliphatic rings. The highest BCUT2D eigenvalue weighted by molar-refractivity contribution is 5.94. The molecule has 0 aliphatic carbocycles. The molecular weight excluding hydrogens is 371 g/mol. The molecule has 148 valence electrons. The number of hydrogen-bond acceptors (Lipinski definition) is 3. The lowest BCUT2D eigenvalue weighted by molar-refractivity contribution is -0.137. The number of rotatable bonds is 7. The Hall–Kier alpha value is -3.16. The number of carbonyl (C=O) groups excluding carboxylic acids is 2. The van der Waals surface area contributed by atoms with Gasteiger partial charge in [0.2, 0.25) is 5.91 Å². The lowest BCUT2D eigenvalue weighted by Crippen LogP contribution is -2.29. The van der Waals surface area contributed by atoms with E-state index in [0.717, 1.165) is 18.2 Å². The highest BCUT2D eigenvalue weighted by Crippen LogP contribution is 2.29. The second-order valence-electron chi connectivity index (χ2n) is 6.13. The van der Waals surface area contributed by atoms with Crippen molar-refractivity contribution >= 4 is 11.8 Å². The Morgan fingerprint density at radius 1 is 1.21 bits per heavy atom. The topological polar surface area (TPSA) is 62.3 Å². The molecule has 0 unspecified atom stereocenters. The summed E-state index contributed by atoms with van der Waals surface area (Å²) in [6.45, 7) is 3.87. The minimum atomic E-state index is -4.37. The largest absolute Gasteiger partial charge is 0.416 e. The van der Waals surface area contributed by atoms with Gasteiger partial charge in [0.05, 0.1) is 17.8 Å². The van der Waals surface area contributed by atoms with Crippen molar-refractivity contribution in [2.24, 2.45) is 0 Å². The average molecular weight is 391 g/mol. The monoisotopic (exact) mass is 391 g/mol. The molecule has 0 spiro atoms. The van der Waals surface area contributed by atoms with Gasteiger partial charge in [0.1, 0.15) is 0 Å². The molecule has 2 aromatic rings. The second kappa shape index (κ2) is 9.16. The summed E-state index contributed by atoms with van der Waals surface area (Å²) in [6, 6.07) is 8.03. The molecule has 2 amide bonds. The molecule has 0 fully saturated rings. The third-order valence-electron chi connectivity index (χ3n) is 4.06. The fourth-order valence-electron chi connectivity index (χ4n) is 2.44. The van der Waals surface area contributed by atoms with E-state index in [9.17, 15) is 22.8 Å². The molecule has 1 aromatic carbocycles. The van der Waals surface area contributed by atoms with Gasteiger partial charge in [-0.1, -0.05) is 18.7 Å². The van der Waals surface area contributed by atoms with Crippen molar-refractivity contribution in [3.05, 3.63) is 77.6 Å². The maximum Gasteiger partial charge on any atom is 0.416 e. The van der Waals surface area contributed by atoms with Crippen LogP contribution in [0.15, 0.2) is 55.3 Å². The number of amides is 2. The van der Waals surface area contributed by atoms with Crippen LogP contribution in [0.1, 0.15) is 27.2 Å². The number of pyridine rings is 1. The normalized spacial score (nSPS) is 11.0. The zero-order valence-corrected chi connectivity index (χ0v) is 15.3. The predicted molar refractivity (Wildman–Crippen MR) is 98.4 cm³/mol. The van der Waals surface area contributed by atoms with Crippen LogP contribution in [0.2, 0.25) is 0 Å². The summed E-state index contributed by atoms with van der Waals surface area (Å²) in [7, 11) is 1.62. The number of aromatic nitrogens is 1. The van der Waals surface area contributed by atoms with Crippen molar-refractivity contribution in [3.63, 3.8) is 0 Å². The minimum Gasteiger partial charge on any atom is -0.347 e. The van der Waals surface area contributed by atoms with Crippen LogP contribution in [0, 0.1) is 0 Å². The molecule has 0 aliphatic heterocycles. The van der Waals surface area contributed by atoms with Crippen LogP contribution in [0.25, 0.3) is 0 Å². The Labute approximate surface area is 160 Å². The molecule has 0 saturated heterocycles. The van der Waals surface area contributed by atoms with E-state index in [-0.39, 0.29) is 18.4 Å². The summed E-state index contributed by atoms with van der Waals surface area (Å²) in [5.41, 5.74) is 0.939. The van der Waals surface area contributed by atoms with Crippen LogP contribution >= 0.6 is 0 Å². The molecule has 8 heteroatoms. The molecule has 0 saturated carbocycles. The van der Waals surface area contributed by atoms with E-state index < -0.39 is 11.7 Å². The van der Waals surface area contributed by atoms with Crippen molar-refractivity contribution in [1.82, 2.24) is 15.2 Å². The fourth-order valence-corrected chi connectivity index (χ4v) is 2.44. The first-order valence-electron chi connectivity index (χ1n) is 8.47. The number of nitrogens with zero attached hydrogens (tertiary/aromatic N) is 2. The molecule has 1 heterocycles. The second-order valence-corrected chi connectivity index (χ2v) is 6.13. The average Bonchev–Trinajstić information content (AvgIpc) is 2.69. The summed E-state index contributed by atoms with van der Waals surface area (Å²) in [5.74, 6) is -0.585. The van der Waals surface area contributed by atoms with Gasteiger partial charge in [-0.05, 0) is 42.3 Å². The van der Waals surface area contributed by atoms with Crippen LogP contribution in [0.3, 0.4) is 0 Å². The van der Waals surface area contributed by atoms with Gasteiger partial charge >= 0.3 is 6.18 Å². The first-order valence-corrected chi connectivity index (χ1v) is 8.47. The highest BCUT2D eigenvalue weighted by Gasteiger charge is 2.29. The fraction of sp³-hybridized carbons (Fsp3) is 0.250. The molecule has 5 nitrogen and oxygen atoms in total. The van der Waals surface area contributed by atoms with Gasteiger partial charge < -0.3 is 10.2 Å². The first kappa shape index (κ1) is 21.1. The zero-order valence-electron chi connectivity index (χ0n) is 15.3. The third-order valence-corrected chi connectivity index (χ3v) is 4.06. The van der Waals surface area contributed by atoms with E-state index >= 15 is 0 Å². The smallest absolute Gasteiger partial charge is 0.347 e. The lowest BCUT2D eigenvalue weighted by atomic mass is 10.1. The van der Waals surface area contributed by atoms with Crippen molar-refractivity contribution in [3.8, 4) is 0 Å². The molecule has 0 radical (unpaired) electrons. The lowest BCUT2D eigenvalue weighted by Gasteiger charge is -2.18. The van der Waals surface area contributed by atoms with Gasteiger partial charge in [-0.3, -0.25) is 14.6 Å². The number of benzene rings is 1. The number of likely N-dealkylation sites (N-methyl/N-ethyl adjacent to an activating group) is 1. The molecular formula is C20H20F3N3O2. The summed E-state index contributed by atoms with van der Waals surface area (Å²) in [4.78, 5) is 29.3. The van der Waals surface area contributed by atoms with Crippen molar-refractivity contribution in [2.75, 3.05) is 13.6 Å². The van der Waals surface area contributed by atoms with Crippen LogP contribution in [-0.2, 0) is 23.9 Å². The standard InChI is InChI=1S/C20H20F3N3O2/c1-3-18(27)25-13-17-12-15(8-10-24-17)19(28)26(2)11-9-14-4-6-16(7-5-14)20(21,22)23/h3-8,10,12H,1,9,11,13H2,2H3,(H,25,27). The minimum absolute atomic E-state index is 0.168. The van der Waals surface area contributed by atoms with E-state index in [0.29, 0.717) is 29.8 Å². The Morgan fingerprint density at radius 2 is 1.89 bits per heavy atom.